The van der Waals surface area contributed by atoms with Crippen molar-refractivity contribution < 1.29 is 23.9 Å². The fourth-order valence-electron chi connectivity index (χ4n) is 3.47. The van der Waals surface area contributed by atoms with Crippen molar-refractivity contribution in [2.24, 2.45) is 0 Å². The van der Waals surface area contributed by atoms with Crippen molar-refractivity contribution in [1.82, 2.24) is 10.6 Å². The van der Waals surface area contributed by atoms with Gasteiger partial charge in [0.15, 0.2) is 0 Å². The second kappa shape index (κ2) is 8.24. The monoisotopic (exact) mass is 372 g/mol. The number of esters is 2. The summed E-state index contributed by atoms with van der Waals surface area (Å²) in [6.45, 7) is 3.39. The molecule has 144 valence electrons. The maximum Gasteiger partial charge on any atom is 0.338 e. The number of amides is 2. The van der Waals surface area contributed by atoms with E-state index in [4.69, 9.17) is 9.47 Å². The number of hydrogen-bond acceptors (Lipinski definition) is 5. The molecule has 0 unspecified atom stereocenters. The third-order valence-corrected chi connectivity index (χ3v) is 4.80. The van der Waals surface area contributed by atoms with Gasteiger partial charge >= 0.3 is 18.0 Å². The second-order valence-corrected chi connectivity index (χ2v) is 6.70. The molecule has 0 radical (unpaired) electrons. The van der Waals surface area contributed by atoms with E-state index < -0.39 is 24.0 Å². The van der Waals surface area contributed by atoms with Crippen LogP contribution in [0.25, 0.3) is 0 Å². The molecule has 0 saturated carbocycles. The van der Waals surface area contributed by atoms with E-state index in [1.54, 1.807) is 19.9 Å². The number of carbonyl (C=O) groups is 3. The van der Waals surface area contributed by atoms with Crippen molar-refractivity contribution in [3.8, 4) is 0 Å². The second-order valence-electron chi connectivity index (χ2n) is 6.70. The molecule has 1 aromatic rings. The number of hydrogen-bond donors (Lipinski definition) is 2. The third kappa shape index (κ3) is 4.30. The summed E-state index contributed by atoms with van der Waals surface area (Å²) < 4.78 is 10.4. The maximum atomic E-state index is 12.4. The van der Waals surface area contributed by atoms with E-state index in [2.05, 4.69) is 10.6 Å². The van der Waals surface area contributed by atoms with Gasteiger partial charge in [-0.05, 0) is 62.8 Å². The van der Waals surface area contributed by atoms with Crippen LogP contribution in [0.1, 0.15) is 48.2 Å². The van der Waals surface area contributed by atoms with E-state index in [1.807, 2.05) is 12.1 Å². The molecule has 3 rings (SSSR count). The van der Waals surface area contributed by atoms with Crippen molar-refractivity contribution in [3.05, 3.63) is 46.2 Å². The van der Waals surface area contributed by atoms with E-state index >= 15 is 0 Å². The van der Waals surface area contributed by atoms with Crippen molar-refractivity contribution in [1.29, 1.82) is 0 Å². The van der Waals surface area contributed by atoms with Gasteiger partial charge < -0.3 is 20.1 Å². The maximum absolute atomic E-state index is 12.4. The fraction of sp³-hybridized carbons (Fsp3) is 0.450. The van der Waals surface area contributed by atoms with E-state index in [9.17, 15) is 14.4 Å². The quantitative estimate of drug-likeness (QED) is 0.773. The zero-order valence-corrected chi connectivity index (χ0v) is 15.6. The Morgan fingerprint density at radius 1 is 1.11 bits per heavy atom. The van der Waals surface area contributed by atoms with E-state index in [-0.39, 0.29) is 24.5 Å². The largest absolute Gasteiger partial charge is 0.463 e. The van der Waals surface area contributed by atoms with Crippen LogP contribution in [0.3, 0.4) is 0 Å². The number of rotatable bonds is 5. The Labute approximate surface area is 158 Å². The summed E-state index contributed by atoms with van der Waals surface area (Å²) in [4.78, 5) is 36.4. The Morgan fingerprint density at radius 2 is 1.85 bits per heavy atom. The van der Waals surface area contributed by atoms with Crippen LogP contribution in [0.2, 0.25) is 0 Å². The normalized spacial score (nSPS) is 18.9. The van der Waals surface area contributed by atoms with Crippen LogP contribution in [0, 0.1) is 0 Å². The smallest absolute Gasteiger partial charge is 0.338 e. The first-order valence-electron chi connectivity index (χ1n) is 9.26. The Morgan fingerprint density at radius 3 is 2.59 bits per heavy atom. The first-order chi connectivity index (χ1) is 13.0. The van der Waals surface area contributed by atoms with Crippen LogP contribution in [0.4, 0.5) is 4.79 Å². The summed E-state index contributed by atoms with van der Waals surface area (Å²) in [5.41, 5.74) is 3.45. The molecule has 1 heterocycles. The van der Waals surface area contributed by atoms with Crippen molar-refractivity contribution in [2.75, 3.05) is 13.2 Å². The SMILES string of the molecule is CCOC(=O)C1=C(COC(=O)c2ccc3c(c2)CCCC3)NC(=O)N[C@H]1C. The van der Waals surface area contributed by atoms with E-state index in [0.717, 1.165) is 19.3 Å². The summed E-state index contributed by atoms with van der Waals surface area (Å²) in [7, 11) is 0. The van der Waals surface area contributed by atoms with Crippen LogP contribution >= 0.6 is 0 Å². The van der Waals surface area contributed by atoms with E-state index in [1.165, 1.54) is 17.5 Å². The highest BCUT2D eigenvalue weighted by Gasteiger charge is 2.30. The summed E-state index contributed by atoms with van der Waals surface area (Å²) in [6, 6.07) is 4.63. The molecule has 1 aromatic carbocycles. The van der Waals surface area contributed by atoms with Crippen LogP contribution in [0.5, 0.6) is 0 Å². The van der Waals surface area contributed by atoms with Gasteiger partial charge in [0.1, 0.15) is 6.61 Å². The van der Waals surface area contributed by atoms with Gasteiger partial charge in [0.2, 0.25) is 0 Å². The molecule has 2 amide bonds. The molecule has 0 saturated heterocycles. The Kier molecular flexibility index (Phi) is 5.78. The molecule has 1 aliphatic carbocycles. The van der Waals surface area contributed by atoms with Crippen molar-refractivity contribution in [3.63, 3.8) is 0 Å². The highest BCUT2D eigenvalue weighted by Crippen LogP contribution is 2.23. The summed E-state index contributed by atoms with van der Waals surface area (Å²) in [5, 5.41) is 5.15. The summed E-state index contributed by atoms with van der Waals surface area (Å²) in [6.07, 6.45) is 4.30. The van der Waals surface area contributed by atoms with Gasteiger partial charge in [-0.15, -0.1) is 0 Å². The van der Waals surface area contributed by atoms with Crippen LogP contribution in [-0.4, -0.2) is 37.2 Å². The molecular weight excluding hydrogens is 348 g/mol. The lowest BCUT2D eigenvalue weighted by atomic mass is 9.90. The first kappa shape index (κ1) is 18.9. The lowest BCUT2D eigenvalue weighted by Crippen LogP contribution is -2.50. The Bertz CT molecular complexity index is 800. The van der Waals surface area contributed by atoms with Gasteiger partial charge in [-0.3, -0.25) is 0 Å². The number of benzene rings is 1. The van der Waals surface area contributed by atoms with Crippen molar-refractivity contribution in [2.45, 2.75) is 45.6 Å². The minimum absolute atomic E-state index is 0.207. The van der Waals surface area contributed by atoms with Crippen molar-refractivity contribution >= 4 is 18.0 Å². The van der Waals surface area contributed by atoms with E-state index in [0.29, 0.717) is 5.56 Å². The molecule has 1 atom stereocenters. The summed E-state index contributed by atoms with van der Waals surface area (Å²) >= 11 is 0. The average Bonchev–Trinajstić information content (AvgIpc) is 2.65. The number of ether oxygens (including phenoxy) is 2. The number of nitrogens with one attached hydrogen (secondary N) is 2. The fourth-order valence-corrected chi connectivity index (χ4v) is 3.47. The summed E-state index contributed by atoms with van der Waals surface area (Å²) in [5.74, 6) is -1.03. The predicted molar refractivity (Wildman–Crippen MR) is 98.2 cm³/mol. The topological polar surface area (TPSA) is 93.7 Å². The minimum atomic E-state index is -0.544. The molecule has 1 aliphatic heterocycles. The third-order valence-electron chi connectivity index (χ3n) is 4.80. The van der Waals surface area contributed by atoms with Gasteiger partial charge in [0, 0.05) is 0 Å². The lowest BCUT2D eigenvalue weighted by Gasteiger charge is -2.26. The highest BCUT2D eigenvalue weighted by molar-refractivity contribution is 5.95. The number of aryl methyl sites for hydroxylation is 2. The number of carbonyl (C=O) groups excluding carboxylic acids is 3. The molecule has 0 bridgehead atoms. The highest BCUT2D eigenvalue weighted by atomic mass is 16.5. The van der Waals surface area contributed by atoms with Gasteiger partial charge in [0.25, 0.3) is 0 Å². The molecule has 2 aliphatic rings. The van der Waals surface area contributed by atoms with Gasteiger partial charge in [-0.1, -0.05) is 6.07 Å². The van der Waals surface area contributed by atoms with Gasteiger partial charge in [0.05, 0.1) is 29.5 Å². The molecule has 2 N–H and O–H groups in total. The minimum Gasteiger partial charge on any atom is -0.463 e. The molecule has 7 nitrogen and oxygen atoms in total. The molecular formula is C20H24N2O5. The molecule has 0 fully saturated rings. The van der Waals surface area contributed by atoms with Crippen LogP contribution in [0.15, 0.2) is 29.5 Å². The first-order valence-corrected chi connectivity index (χ1v) is 9.26. The molecule has 0 spiro atoms. The van der Waals surface area contributed by atoms with Gasteiger partial charge in [-0.2, -0.15) is 0 Å². The Balaban J connectivity index is 1.74. The van der Waals surface area contributed by atoms with Gasteiger partial charge in [-0.25, -0.2) is 14.4 Å². The average molecular weight is 372 g/mol. The number of fused-ring (bicyclic) bond motifs is 1. The predicted octanol–water partition coefficient (Wildman–Crippen LogP) is 2.24. The zero-order valence-electron chi connectivity index (χ0n) is 15.6. The Hall–Kier alpha value is -2.83. The number of urea groups is 1. The van der Waals surface area contributed by atoms with Crippen LogP contribution in [-0.2, 0) is 27.1 Å². The zero-order chi connectivity index (χ0) is 19.4. The molecule has 7 heteroatoms. The lowest BCUT2D eigenvalue weighted by molar-refractivity contribution is -0.139. The standard InChI is InChI=1S/C20H24N2O5/c1-3-26-19(24)17-12(2)21-20(25)22-16(17)11-27-18(23)15-9-8-13-6-4-5-7-14(13)10-15/h8-10,12H,3-7,11H2,1-2H3,(H2,21,22,25)/t12-/m0/s1. The van der Waals surface area contributed by atoms with Crippen LogP contribution < -0.4 is 10.6 Å². The molecule has 27 heavy (non-hydrogen) atoms. The molecule has 0 aromatic heterocycles.